The van der Waals surface area contributed by atoms with Crippen LogP contribution in [0, 0.1) is 10.5 Å². The average molecular weight is 359 g/mol. The first-order valence-electron chi connectivity index (χ1n) is 5.37. The first kappa shape index (κ1) is 12.9. The fraction of sp³-hybridized carbons (Fsp3) is 0.231. The molecule has 0 aliphatic carbocycles. The van der Waals surface area contributed by atoms with E-state index in [0.29, 0.717) is 6.54 Å². The quantitative estimate of drug-likeness (QED) is 0.845. The zero-order valence-electron chi connectivity index (χ0n) is 9.52. The lowest BCUT2D eigenvalue weighted by molar-refractivity contribution is 0.218. The number of rotatable bonds is 4. The summed E-state index contributed by atoms with van der Waals surface area (Å²) < 4.78 is 7.10. The fourth-order valence-corrected chi connectivity index (χ4v) is 2.81. The van der Waals surface area contributed by atoms with Crippen molar-refractivity contribution in [1.82, 2.24) is 0 Å². The molecule has 1 atom stereocenters. The van der Waals surface area contributed by atoms with E-state index in [0.717, 1.165) is 5.75 Å². The average Bonchev–Trinajstić information content (AvgIpc) is 2.75. The van der Waals surface area contributed by atoms with Gasteiger partial charge in [-0.2, -0.15) is 0 Å². The molecule has 1 aromatic heterocycles. The molecule has 0 fully saturated rings. The third-order valence-electron chi connectivity index (χ3n) is 2.38. The van der Waals surface area contributed by atoms with Gasteiger partial charge in [-0.15, -0.1) is 11.3 Å². The van der Waals surface area contributed by atoms with E-state index >= 15 is 0 Å². The highest BCUT2D eigenvalue weighted by molar-refractivity contribution is 14.1. The molecule has 17 heavy (non-hydrogen) atoms. The number of hydrogen-bond donors (Lipinski definition) is 1. The number of nitrogens with two attached hydrogens (primary N) is 1. The summed E-state index contributed by atoms with van der Waals surface area (Å²) in [6, 6.07) is 12.2. The van der Waals surface area contributed by atoms with Crippen molar-refractivity contribution in [3.63, 3.8) is 0 Å². The van der Waals surface area contributed by atoms with Gasteiger partial charge in [0.25, 0.3) is 0 Å². The topological polar surface area (TPSA) is 35.2 Å². The Morgan fingerprint density at radius 2 is 1.94 bits per heavy atom. The molecule has 2 nitrogen and oxygen atoms in total. The maximum Gasteiger partial charge on any atom is 0.145 e. The number of halogens is 1. The van der Waals surface area contributed by atoms with Gasteiger partial charge in [0.05, 0.1) is 0 Å². The van der Waals surface area contributed by atoms with Crippen LogP contribution in [0.2, 0.25) is 0 Å². The number of aryl methyl sites for hydroxylation is 1. The van der Waals surface area contributed by atoms with Crippen LogP contribution >= 0.6 is 33.9 Å². The largest absolute Gasteiger partial charge is 0.484 e. The molecule has 0 spiro atoms. The van der Waals surface area contributed by atoms with Crippen molar-refractivity contribution in [2.45, 2.75) is 13.0 Å². The van der Waals surface area contributed by atoms with Crippen LogP contribution in [0.25, 0.3) is 0 Å². The second-order valence-corrected chi connectivity index (χ2v) is 6.31. The van der Waals surface area contributed by atoms with Gasteiger partial charge in [0.1, 0.15) is 11.9 Å². The third-order valence-corrected chi connectivity index (χ3v) is 4.20. The summed E-state index contributed by atoms with van der Waals surface area (Å²) in [5, 5.41) is 0. The molecule has 0 saturated heterocycles. The molecule has 1 heterocycles. The summed E-state index contributed by atoms with van der Waals surface area (Å²) >= 11 is 4.01. The minimum Gasteiger partial charge on any atom is -0.484 e. The van der Waals surface area contributed by atoms with E-state index in [4.69, 9.17) is 10.5 Å². The highest BCUT2D eigenvalue weighted by Gasteiger charge is 2.13. The maximum absolute atomic E-state index is 5.90. The molecule has 0 saturated carbocycles. The molecule has 0 amide bonds. The van der Waals surface area contributed by atoms with Gasteiger partial charge in [-0.1, -0.05) is 0 Å². The molecule has 4 heteroatoms. The van der Waals surface area contributed by atoms with Gasteiger partial charge in [0.2, 0.25) is 0 Å². The summed E-state index contributed by atoms with van der Waals surface area (Å²) in [6.07, 6.45) is -0.0474. The molecule has 0 aliphatic heterocycles. The van der Waals surface area contributed by atoms with Gasteiger partial charge in [0, 0.05) is 19.9 Å². The van der Waals surface area contributed by atoms with Crippen molar-refractivity contribution in [3.8, 4) is 5.75 Å². The highest BCUT2D eigenvalue weighted by atomic mass is 127. The van der Waals surface area contributed by atoms with E-state index in [1.54, 1.807) is 11.3 Å². The Hall–Kier alpha value is -0.590. The Morgan fingerprint density at radius 1 is 1.24 bits per heavy atom. The van der Waals surface area contributed by atoms with Gasteiger partial charge in [-0.3, -0.25) is 0 Å². The molecular formula is C13H14INOS. The molecule has 2 rings (SSSR count). The summed E-state index contributed by atoms with van der Waals surface area (Å²) in [6.45, 7) is 2.58. The first-order valence-corrected chi connectivity index (χ1v) is 7.27. The van der Waals surface area contributed by atoms with Gasteiger partial charge in [0.15, 0.2) is 0 Å². The number of hydrogen-bond acceptors (Lipinski definition) is 3. The van der Waals surface area contributed by atoms with Crippen LogP contribution in [0.1, 0.15) is 15.9 Å². The highest BCUT2D eigenvalue weighted by Crippen LogP contribution is 2.27. The predicted octanol–water partition coefficient (Wildman–Crippen LogP) is 3.74. The van der Waals surface area contributed by atoms with Gasteiger partial charge in [-0.05, 0) is 65.9 Å². The van der Waals surface area contributed by atoms with E-state index < -0.39 is 0 Å². The smallest absolute Gasteiger partial charge is 0.145 e. The minimum absolute atomic E-state index is 0.0474. The number of ether oxygens (including phenoxy) is 1. The second-order valence-electron chi connectivity index (χ2n) is 3.74. The lowest BCUT2D eigenvalue weighted by Gasteiger charge is -2.16. The second kappa shape index (κ2) is 5.84. The van der Waals surface area contributed by atoms with E-state index in [1.807, 2.05) is 24.3 Å². The molecule has 90 valence electrons. The SMILES string of the molecule is Cc1ccc(C(CN)Oc2ccc(I)cc2)s1. The summed E-state index contributed by atoms with van der Waals surface area (Å²) in [5.74, 6) is 0.868. The lowest BCUT2D eigenvalue weighted by atomic mass is 10.3. The van der Waals surface area contributed by atoms with Gasteiger partial charge >= 0.3 is 0 Å². The minimum atomic E-state index is -0.0474. The maximum atomic E-state index is 5.90. The lowest BCUT2D eigenvalue weighted by Crippen LogP contribution is -2.17. The predicted molar refractivity (Wildman–Crippen MR) is 80.6 cm³/mol. The Labute approximate surface area is 119 Å². The van der Waals surface area contributed by atoms with Crippen molar-refractivity contribution in [2.75, 3.05) is 6.54 Å². The van der Waals surface area contributed by atoms with Crippen molar-refractivity contribution in [2.24, 2.45) is 5.73 Å². The molecule has 1 aromatic carbocycles. The van der Waals surface area contributed by atoms with E-state index in [-0.39, 0.29) is 6.10 Å². The van der Waals surface area contributed by atoms with Crippen molar-refractivity contribution >= 4 is 33.9 Å². The number of benzene rings is 1. The summed E-state index contributed by atoms with van der Waals surface area (Å²) in [7, 11) is 0. The Balaban J connectivity index is 2.12. The van der Waals surface area contributed by atoms with E-state index in [2.05, 4.69) is 41.6 Å². The molecule has 2 N–H and O–H groups in total. The molecule has 0 radical (unpaired) electrons. The van der Waals surface area contributed by atoms with Gasteiger partial charge in [-0.25, -0.2) is 0 Å². The van der Waals surface area contributed by atoms with Crippen LogP contribution in [0.5, 0.6) is 5.75 Å². The molecule has 2 aromatic rings. The molecule has 0 bridgehead atoms. The fourth-order valence-electron chi connectivity index (χ4n) is 1.53. The standard InChI is InChI=1S/C13H14INOS/c1-9-2-7-13(17-9)12(8-15)16-11-5-3-10(14)4-6-11/h2-7,12H,8,15H2,1H3. The van der Waals surface area contributed by atoms with E-state index in [1.165, 1.54) is 13.3 Å². The van der Waals surface area contributed by atoms with E-state index in [9.17, 15) is 0 Å². The molecule has 0 aliphatic rings. The monoisotopic (exact) mass is 359 g/mol. The van der Waals surface area contributed by atoms with Crippen LogP contribution < -0.4 is 10.5 Å². The van der Waals surface area contributed by atoms with Crippen LogP contribution in [-0.4, -0.2) is 6.54 Å². The molecule has 1 unspecified atom stereocenters. The third kappa shape index (κ3) is 3.43. The normalized spacial score (nSPS) is 12.4. The van der Waals surface area contributed by atoms with Gasteiger partial charge < -0.3 is 10.5 Å². The van der Waals surface area contributed by atoms with Crippen LogP contribution in [0.15, 0.2) is 36.4 Å². The Bertz CT molecular complexity index is 480. The Morgan fingerprint density at radius 3 is 2.47 bits per heavy atom. The summed E-state index contributed by atoms with van der Waals surface area (Å²) in [4.78, 5) is 2.47. The van der Waals surface area contributed by atoms with Crippen molar-refractivity contribution < 1.29 is 4.74 Å². The Kier molecular flexibility index (Phi) is 4.42. The van der Waals surface area contributed by atoms with Crippen molar-refractivity contribution in [1.29, 1.82) is 0 Å². The summed E-state index contributed by atoms with van der Waals surface area (Å²) in [5.41, 5.74) is 5.77. The molecular weight excluding hydrogens is 345 g/mol. The first-order chi connectivity index (χ1) is 8.19. The van der Waals surface area contributed by atoms with Crippen LogP contribution in [0.4, 0.5) is 0 Å². The zero-order chi connectivity index (χ0) is 12.3. The zero-order valence-corrected chi connectivity index (χ0v) is 12.5. The van der Waals surface area contributed by atoms with Crippen LogP contribution in [-0.2, 0) is 0 Å². The number of thiophene rings is 1. The van der Waals surface area contributed by atoms with Crippen LogP contribution in [0.3, 0.4) is 0 Å². The van der Waals surface area contributed by atoms with Crippen molar-refractivity contribution in [3.05, 3.63) is 49.7 Å².